The van der Waals surface area contributed by atoms with E-state index in [1.807, 2.05) is 31.4 Å². The van der Waals surface area contributed by atoms with Crippen molar-refractivity contribution in [2.45, 2.75) is 24.3 Å². The van der Waals surface area contributed by atoms with Crippen LogP contribution in [0.3, 0.4) is 0 Å². The van der Waals surface area contributed by atoms with Crippen LogP contribution < -0.4 is 11.1 Å². The molecule has 7 nitrogen and oxygen atoms in total. The Hall–Kier alpha value is -1.87. The van der Waals surface area contributed by atoms with Crippen molar-refractivity contribution in [1.82, 2.24) is 15.5 Å². The number of hydrogen-bond donors (Lipinski definition) is 2. The van der Waals surface area contributed by atoms with Gasteiger partial charge in [-0.05, 0) is 17.4 Å². The van der Waals surface area contributed by atoms with Crippen LogP contribution in [0.2, 0.25) is 0 Å². The monoisotopic (exact) mass is 326 g/mol. The fourth-order valence-corrected chi connectivity index (χ4v) is 3.07. The Morgan fingerprint density at radius 2 is 2.19 bits per heavy atom. The summed E-state index contributed by atoms with van der Waals surface area (Å²) in [6.07, 6.45) is 0. The number of primary amides is 1. The number of carbonyl (C=O) groups is 2. The minimum atomic E-state index is -0.879. The third-order valence-corrected chi connectivity index (χ3v) is 4.71. The van der Waals surface area contributed by atoms with Crippen LogP contribution in [0.1, 0.15) is 13.8 Å². The Balaban J connectivity index is 2.10. The van der Waals surface area contributed by atoms with E-state index in [0.717, 1.165) is 16.6 Å². The molecule has 2 heterocycles. The topological polar surface area (TPSA) is 111 Å². The third kappa shape index (κ3) is 4.05. The lowest BCUT2D eigenvalue weighted by atomic mass is 10.1. The fourth-order valence-electron chi connectivity index (χ4n) is 1.55. The lowest BCUT2D eigenvalue weighted by Crippen LogP contribution is -2.42. The van der Waals surface area contributed by atoms with Crippen LogP contribution in [-0.4, -0.2) is 27.4 Å². The van der Waals surface area contributed by atoms with Gasteiger partial charge in [-0.2, -0.15) is 0 Å². The Kier molecular flexibility index (Phi) is 4.97. The van der Waals surface area contributed by atoms with Crippen LogP contribution in [-0.2, 0) is 4.79 Å². The molecular formula is C12H14N4O3S2. The first-order chi connectivity index (χ1) is 9.97. The van der Waals surface area contributed by atoms with Gasteiger partial charge in [-0.1, -0.05) is 31.7 Å². The molecule has 2 aromatic rings. The number of amides is 3. The number of carbonyl (C=O) groups excluding carboxylic acids is 2. The smallest absolute Gasteiger partial charge is 0.318 e. The molecule has 1 atom stereocenters. The fraction of sp³-hybridized carbons (Fsp3) is 0.333. The van der Waals surface area contributed by atoms with Gasteiger partial charge in [0, 0.05) is 0 Å². The minimum Gasteiger partial charge on any atom is -0.410 e. The number of nitrogens with two attached hydrogens (primary N) is 1. The van der Waals surface area contributed by atoms with E-state index in [2.05, 4.69) is 15.5 Å². The molecule has 0 radical (unpaired) electrons. The minimum absolute atomic E-state index is 0.0357. The molecule has 2 rings (SSSR count). The van der Waals surface area contributed by atoms with Crippen LogP contribution in [0.5, 0.6) is 0 Å². The maximum Gasteiger partial charge on any atom is 0.318 e. The van der Waals surface area contributed by atoms with Crippen molar-refractivity contribution in [3.63, 3.8) is 0 Å². The Morgan fingerprint density at radius 3 is 2.76 bits per heavy atom. The molecule has 0 aliphatic heterocycles. The number of nitrogens with one attached hydrogen (secondary N) is 1. The van der Waals surface area contributed by atoms with Gasteiger partial charge >= 0.3 is 6.03 Å². The van der Waals surface area contributed by atoms with Gasteiger partial charge in [-0.15, -0.1) is 21.5 Å². The molecule has 1 unspecified atom stereocenters. The Bertz CT molecular complexity index is 624. The second-order valence-corrected chi connectivity index (χ2v) is 6.53. The average Bonchev–Trinajstić information content (AvgIpc) is 3.05. The zero-order chi connectivity index (χ0) is 15.4. The van der Waals surface area contributed by atoms with Gasteiger partial charge in [0.1, 0.15) is 0 Å². The Morgan fingerprint density at radius 1 is 1.43 bits per heavy atom. The summed E-state index contributed by atoms with van der Waals surface area (Å²) in [5, 5.41) is 11.6. The SMILES string of the molecule is CC(C)C(Sc1nnc(-c2cccs2)o1)C(=O)NC(N)=O. The molecule has 0 aliphatic rings. The van der Waals surface area contributed by atoms with Crippen LogP contribution in [0.15, 0.2) is 27.2 Å². The van der Waals surface area contributed by atoms with Crippen molar-refractivity contribution in [2.24, 2.45) is 11.7 Å². The number of rotatable bonds is 5. The number of thiophene rings is 1. The largest absolute Gasteiger partial charge is 0.410 e. The standard InChI is InChI=1S/C12H14N4O3S2/c1-6(2)8(9(17)14-11(13)18)21-12-16-15-10(19-12)7-4-3-5-20-7/h3-6,8H,1-2H3,(H3,13,14,17,18). The number of aromatic nitrogens is 2. The molecule has 3 N–H and O–H groups in total. The predicted molar refractivity (Wildman–Crippen MR) is 79.8 cm³/mol. The normalized spacial score (nSPS) is 12.3. The summed E-state index contributed by atoms with van der Waals surface area (Å²) in [7, 11) is 0. The number of thioether (sulfide) groups is 1. The molecule has 0 saturated heterocycles. The molecule has 2 aromatic heterocycles. The Labute approximate surface area is 129 Å². The van der Waals surface area contributed by atoms with Gasteiger partial charge in [-0.25, -0.2) is 4.79 Å². The van der Waals surface area contributed by atoms with Gasteiger partial charge in [0.2, 0.25) is 5.91 Å². The molecular weight excluding hydrogens is 312 g/mol. The summed E-state index contributed by atoms with van der Waals surface area (Å²) in [6.45, 7) is 3.71. The second kappa shape index (κ2) is 6.72. The van der Waals surface area contributed by atoms with Gasteiger partial charge in [0.15, 0.2) is 0 Å². The van der Waals surface area contributed by atoms with Crippen molar-refractivity contribution >= 4 is 35.0 Å². The summed E-state index contributed by atoms with van der Waals surface area (Å²) in [5.74, 6) is -0.102. The molecule has 21 heavy (non-hydrogen) atoms. The third-order valence-electron chi connectivity index (χ3n) is 2.48. The van der Waals surface area contributed by atoms with Gasteiger partial charge < -0.3 is 10.2 Å². The summed E-state index contributed by atoms with van der Waals surface area (Å²) in [6, 6.07) is 2.87. The molecule has 0 aromatic carbocycles. The first kappa shape index (κ1) is 15.5. The molecule has 0 spiro atoms. The summed E-state index contributed by atoms with van der Waals surface area (Å²) >= 11 is 2.59. The van der Waals surface area contributed by atoms with Crippen molar-refractivity contribution in [3.8, 4) is 10.8 Å². The zero-order valence-corrected chi connectivity index (χ0v) is 13.0. The predicted octanol–water partition coefficient (Wildman–Crippen LogP) is 2.11. The molecule has 3 amide bonds. The summed E-state index contributed by atoms with van der Waals surface area (Å²) < 4.78 is 5.52. The average molecular weight is 326 g/mol. The summed E-state index contributed by atoms with van der Waals surface area (Å²) in [4.78, 5) is 23.6. The highest BCUT2D eigenvalue weighted by atomic mass is 32.2. The second-order valence-electron chi connectivity index (χ2n) is 4.49. The number of hydrogen-bond acceptors (Lipinski definition) is 7. The first-order valence-corrected chi connectivity index (χ1v) is 7.87. The van der Waals surface area contributed by atoms with Gasteiger partial charge in [-0.3, -0.25) is 10.1 Å². The molecule has 0 fully saturated rings. The molecule has 9 heteroatoms. The van der Waals surface area contributed by atoms with Crippen molar-refractivity contribution in [3.05, 3.63) is 17.5 Å². The molecule has 0 saturated carbocycles. The molecule has 0 bridgehead atoms. The first-order valence-electron chi connectivity index (χ1n) is 6.11. The number of imide groups is 1. The van der Waals surface area contributed by atoms with Crippen LogP contribution in [0, 0.1) is 5.92 Å². The van der Waals surface area contributed by atoms with Crippen LogP contribution in [0.25, 0.3) is 10.8 Å². The van der Waals surface area contributed by atoms with Crippen molar-refractivity contribution in [1.29, 1.82) is 0 Å². The van der Waals surface area contributed by atoms with Crippen LogP contribution >= 0.6 is 23.1 Å². The molecule has 0 aliphatic carbocycles. The molecule has 112 valence electrons. The summed E-state index contributed by atoms with van der Waals surface area (Å²) in [5.41, 5.74) is 4.96. The van der Waals surface area contributed by atoms with E-state index < -0.39 is 17.2 Å². The maximum atomic E-state index is 11.9. The van der Waals surface area contributed by atoms with E-state index in [1.54, 1.807) is 0 Å². The van der Waals surface area contributed by atoms with Gasteiger partial charge in [0.25, 0.3) is 11.1 Å². The van der Waals surface area contributed by atoms with E-state index >= 15 is 0 Å². The lowest BCUT2D eigenvalue weighted by molar-refractivity contribution is -0.120. The quantitative estimate of drug-likeness (QED) is 0.814. The highest BCUT2D eigenvalue weighted by molar-refractivity contribution is 8.00. The van der Waals surface area contributed by atoms with Crippen molar-refractivity contribution < 1.29 is 14.0 Å². The van der Waals surface area contributed by atoms with Crippen molar-refractivity contribution in [2.75, 3.05) is 0 Å². The zero-order valence-electron chi connectivity index (χ0n) is 11.4. The number of urea groups is 1. The van der Waals surface area contributed by atoms with E-state index in [9.17, 15) is 9.59 Å². The highest BCUT2D eigenvalue weighted by Crippen LogP contribution is 2.31. The van der Waals surface area contributed by atoms with Crippen LogP contribution in [0.4, 0.5) is 4.79 Å². The van der Waals surface area contributed by atoms with E-state index in [4.69, 9.17) is 10.2 Å². The van der Waals surface area contributed by atoms with Gasteiger partial charge in [0.05, 0.1) is 10.1 Å². The highest BCUT2D eigenvalue weighted by Gasteiger charge is 2.27. The number of nitrogens with zero attached hydrogens (tertiary/aromatic N) is 2. The maximum absolute atomic E-state index is 11.9. The van der Waals surface area contributed by atoms with E-state index in [-0.39, 0.29) is 11.1 Å². The lowest BCUT2D eigenvalue weighted by Gasteiger charge is -2.16. The van der Waals surface area contributed by atoms with E-state index in [1.165, 1.54) is 11.3 Å². The van der Waals surface area contributed by atoms with E-state index in [0.29, 0.717) is 5.89 Å².